The van der Waals surface area contributed by atoms with Gasteiger partial charge in [0, 0.05) is 12.2 Å². The maximum absolute atomic E-state index is 11.9. The number of nitrogens with one attached hydrogen (secondary N) is 1. The van der Waals surface area contributed by atoms with Gasteiger partial charge in [0.2, 0.25) is 0 Å². The molecule has 2 rings (SSSR count). The number of hydrogen-bond acceptors (Lipinski definition) is 5. The second kappa shape index (κ2) is 6.74. The van der Waals surface area contributed by atoms with E-state index in [1.54, 1.807) is 18.3 Å². The molecule has 1 N–H and O–H groups in total. The third-order valence-corrected chi connectivity index (χ3v) is 3.95. The van der Waals surface area contributed by atoms with Gasteiger partial charge in [0.25, 0.3) is 5.91 Å². The van der Waals surface area contributed by atoms with Crippen LogP contribution in [-0.2, 0) is 9.53 Å². The molecule has 20 heavy (non-hydrogen) atoms. The molecule has 1 heterocycles. The van der Waals surface area contributed by atoms with Gasteiger partial charge in [0.1, 0.15) is 5.03 Å². The molecule has 0 spiro atoms. The van der Waals surface area contributed by atoms with Crippen molar-refractivity contribution in [1.29, 1.82) is 0 Å². The van der Waals surface area contributed by atoms with Crippen molar-refractivity contribution in [3.8, 4) is 0 Å². The van der Waals surface area contributed by atoms with Crippen LogP contribution >= 0.6 is 11.8 Å². The van der Waals surface area contributed by atoms with Gasteiger partial charge in [-0.1, -0.05) is 0 Å². The van der Waals surface area contributed by atoms with Crippen LogP contribution in [0, 0.1) is 5.92 Å². The first-order valence-corrected chi connectivity index (χ1v) is 7.79. The third-order valence-electron chi connectivity index (χ3n) is 3.24. The largest absolute Gasteiger partial charge is 0.452 e. The Morgan fingerprint density at radius 2 is 2.30 bits per heavy atom. The number of hydrogen-bond donors (Lipinski definition) is 1. The van der Waals surface area contributed by atoms with E-state index in [1.807, 2.05) is 13.2 Å². The Kier molecular flexibility index (Phi) is 5.00. The standard InChI is InChI=1S/C14H18N2O3S/c1-9(10-5-6-10)16-12(17)8-19-14(18)11-4-3-7-15-13(11)20-2/h3-4,7,9-10H,5-6,8H2,1-2H3,(H,16,17)/t9-/m1/s1. The van der Waals surface area contributed by atoms with Crippen LogP contribution in [0.5, 0.6) is 0 Å². The van der Waals surface area contributed by atoms with Gasteiger partial charge in [-0.25, -0.2) is 9.78 Å². The Bertz CT molecular complexity index is 503. The molecule has 0 aliphatic heterocycles. The smallest absolute Gasteiger partial charge is 0.341 e. The van der Waals surface area contributed by atoms with Gasteiger partial charge in [-0.3, -0.25) is 4.79 Å². The molecule has 1 aliphatic carbocycles. The molecule has 5 nitrogen and oxygen atoms in total. The lowest BCUT2D eigenvalue weighted by Gasteiger charge is -2.13. The lowest BCUT2D eigenvalue weighted by Crippen LogP contribution is -2.37. The van der Waals surface area contributed by atoms with E-state index in [1.165, 1.54) is 11.8 Å². The number of carbonyl (C=O) groups is 2. The molecule has 1 atom stereocenters. The van der Waals surface area contributed by atoms with Gasteiger partial charge >= 0.3 is 5.97 Å². The maximum atomic E-state index is 11.9. The highest BCUT2D eigenvalue weighted by Gasteiger charge is 2.29. The number of pyridine rings is 1. The molecule has 1 saturated carbocycles. The molecule has 1 amide bonds. The van der Waals surface area contributed by atoms with E-state index in [0.717, 1.165) is 12.8 Å². The normalized spacial score (nSPS) is 15.5. The highest BCUT2D eigenvalue weighted by molar-refractivity contribution is 7.98. The van der Waals surface area contributed by atoms with Crippen LogP contribution in [0.2, 0.25) is 0 Å². The first-order chi connectivity index (χ1) is 9.61. The van der Waals surface area contributed by atoms with Crippen molar-refractivity contribution in [3.63, 3.8) is 0 Å². The number of ether oxygens (including phenoxy) is 1. The topological polar surface area (TPSA) is 68.3 Å². The van der Waals surface area contributed by atoms with Crippen molar-refractivity contribution in [1.82, 2.24) is 10.3 Å². The third kappa shape index (κ3) is 3.96. The summed E-state index contributed by atoms with van der Waals surface area (Å²) in [4.78, 5) is 27.7. The fourth-order valence-electron chi connectivity index (χ4n) is 1.93. The second-order valence-electron chi connectivity index (χ2n) is 4.83. The lowest BCUT2D eigenvalue weighted by atomic mass is 10.2. The summed E-state index contributed by atoms with van der Waals surface area (Å²) in [5, 5.41) is 3.44. The van der Waals surface area contributed by atoms with Gasteiger partial charge < -0.3 is 10.1 Å². The molecule has 0 aromatic carbocycles. The molecular formula is C14H18N2O3S. The zero-order chi connectivity index (χ0) is 14.5. The Hall–Kier alpha value is -1.56. The van der Waals surface area contributed by atoms with E-state index < -0.39 is 5.97 Å². The minimum atomic E-state index is -0.517. The first-order valence-electron chi connectivity index (χ1n) is 6.57. The van der Waals surface area contributed by atoms with Gasteiger partial charge in [-0.2, -0.15) is 0 Å². The van der Waals surface area contributed by atoms with Gasteiger partial charge in [-0.15, -0.1) is 11.8 Å². The lowest BCUT2D eigenvalue weighted by molar-refractivity contribution is -0.125. The predicted molar refractivity (Wildman–Crippen MR) is 76.6 cm³/mol. The molecule has 0 bridgehead atoms. The first kappa shape index (κ1) is 14.8. The van der Waals surface area contributed by atoms with Crippen LogP contribution in [0.3, 0.4) is 0 Å². The maximum Gasteiger partial charge on any atom is 0.341 e. The number of aromatic nitrogens is 1. The van der Waals surface area contributed by atoms with E-state index >= 15 is 0 Å². The number of rotatable bonds is 6. The van der Waals surface area contributed by atoms with Crippen LogP contribution < -0.4 is 5.32 Å². The van der Waals surface area contributed by atoms with Crippen LogP contribution in [0.25, 0.3) is 0 Å². The average molecular weight is 294 g/mol. The Morgan fingerprint density at radius 3 is 2.95 bits per heavy atom. The number of thioether (sulfide) groups is 1. The molecule has 0 saturated heterocycles. The molecule has 1 aliphatic rings. The van der Waals surface area contributed by atoms with Crippen molar-refractivity contribution in [2.45, 2.75) is 30.8 Å². The van der Waals surface area contributed by atoms with Gasteiger partial charge in [0.15, 0.2) is 6.61 Å². The number of carbonyl (C=O) groups excluding carboxylic acids is 2. The molecule has 1 aromatic rings. The van der Waals surface area contributed by atoms with Crippen molar-refractivity contribution < 1.29 is 14.3 Å². The quantitative estimate of drug-likeness (QED) is 0.641. The molecule has 0 radical (unpaired) electrons. The fourth-order valence-corrected chi connectivity index (χ4v) is 2.46. The van der Waals surface area contributed by atoms with E-state index in [4.69, 9.17) is 4.74 Å². The van der Waals surface area contributed by atoms with Crippen molar-refractivity contribution >= 4 is 23.6 Å². The summed E-state index contributed by atoms with van der Waals surface area (Å²) < 4.78 is 5.03. The van der Waals surface area contributed by atoms with E-state index in [2.05, 4.69) is 10.3 Å². The van der Waals surface area contributed by atoms with Crippen molar-refractivity contribution in [2.75, 3.05) is 12.9 Å². The summed E-state index contributed by atoms with van der Waals surface area (Å²) in [6.45, 7) is 1.73. The van der Waals surface area contributed by atoms with Gasteiger partial charge in [-0.05, 0) is 44.1 Å². The van der Waals surface area contributed by atoms with E-state index in [-0.39, 0.29) is 18.6 Å². The zero-order valence-electron chi connectivity index (χ0n) is 11.6. The summed E-state index contributed by atoms with van der Waals surface area (Å²) >= 11 is 1.37. The molecule has 0 unspecified atom stereocenters. The molecule has 6 heteroatoms. The zero-order valence-corrected chi connectivity index (χ0v) is 12.4. The predicted octanol–water partition coefficient (Wildman–Crippen LogP) is 1.88. The van der Waals surface area contributed by atoms with Crippen molar-refractivity contribution in [3.05, 3.63) is 23.9 Å². The molecule has 1 fully saturated rings. The van der Waals surface area contributed by atoms with Crippen LogP contribution in [0.1, 0.15) is 30.1 Å². The second-order valence-corrected chi connectivity index (χ2v) is 5.62. The van der Waals surface area contributed by atoms with E-state index in [0.29, 0.717) is 16.5 Å². The Labute approximate surface area is 122 Å². The van der Waals surface area contributed by atoms with Crippen molar-refractivity contribution in [2.24, 2.45) is 5.92 Å². The van der Waals surface area contributed by atoms with E-state index in [9.17, 15) is 9.59 Å². The van der Waals surface area contributed by atoms with Crippen LogP contribution in [0.15, 0.2) is 23.4 Å². The Balaban J connectivity index is 1.83. The van der Waals surface area contributed by atoms with Crippen LogP contribution in [0.4, 0.5) is 0 Å². The minimum absolute atomic E-state index is 0.154. The molecular weight excluding hydrogens is 276 g/mol. The molecule has 108 valence electrons. The fraction of sp³-hybridized carbons (Fsp3) is 0.500. The number of esters is 1. The Morgan fingerprint density at radius 1 is 1.55 bits per heavy atom. The summed E-state index contributed by atoms with van der Waals surface area (Å²) in [6.07, 6.45) is 5.78. The number of nitrogens with zero attached hydrogens (tertiary/aromatic N) is 1. The highest BCUT2D eigenvalue weighted by atomic mass is 32.2. The SMILES string of the molecule is CSc1ncccc1C(=O)OCC(=O)N[C@H](C)C1CC1. The summed E-state index contributed by atoms with van der Waals surface area (Å²) in [5.41, 5.74) is 0.392. The monoisotopic (exact) mass is 294 g/mol. The molecule has 1 aromatic heterocycles. The van der Waals surface area contributed by atoms with Crippen LogP contribution in [-0.4, -0.2) is 35.8 Å². The summed E-state index contributed by atoms with van der Waals surface area (Å²) in [6, 6.07) is 3.47. The number of amides is 1. The van der Waals surface area contributed by atoms with Gasteiger partial charge in [0.05, 0.1) is 5.56 Å². The summed E-state index contributed by atoms with van der Waals surface area (Å²) in [5.74, 6) is -0.194. The highest BCUT2D eigenvalue weighted by Crippen LogP contribution is 2.32. The average Bonchev–Trinajstić information content (AvgIpc) is 3.29. The summed E-state index contributed by atoms with van der Waals surface area (Å²) in [7, 11) is 0. The minimum Gasteiger partial charge on any atom is -0.452 e.